The molecule has 3 heteroatoms. The first kappa shape index (κ1) is 29.1. The topological polar surface area (TPSA) is 34.1 Å². The van der Waals surface area contributed by atoms with E-state index in [0.717, 1.165) is 22.3 Å². The first-order valence-corrected chi connectivity index (χ1v) is 11.7. The van der Waals surface area contributed by atoms with Crippen LogP contribution in [-0.4, -0.2) is 11.6 Å². The van der Waals surface area contributed by atoms with Crippen LogP contribution < -0.4 is 0 Å². The van der Waals surface area contributed by atoms with Crippen molar-refractivity contribution in [2.24, 2.45) is 0 Å². The summed E-state index contributed by atoms with van der Waals surface area (Å²) in [5.74, 6) is -0.0228. The molecule has 0 aliphatic rings. The Morgan fingerprint density at radius 1 is 0.351 bits per heavy atom. The van der Waals surface area contributed by atoms with Gasteiger partial charge in [0.05, 0.1) is 0 Å². The van der Waals surface area contributed by atoms with Crippen molar-refractivity contribution in [1.82, 2.24) is 0 Å². The number of carbonyl (C=O) groups is 2. The van der Waals surface area contributed by atoms with E-state index in [-0.39, 0.29) is 32.6 Å². The van der Waals surface area contributed by atoms with Crippen molar-refractivity contribution in [3.05, 3.63) is 168 Å². The second kappa shape index (κ2) is 17.3. The van der Waals surface area contributed by atoms with Gasteiger partial charge in [-0.25, -0.2) is 0 Å². The molecule has 37 heavy (non-hydrogen) atoms. The molecule has 0 bridgehead atoms. The third-order valence-corrected chi connectivity index (χ3v) is 4.96. The molecule has 0 saturated heterocycles. The first-order chi connectivity index (χ1) is 17.7. The number of hydrogen-bond donors (Lipinski definition) is 0. The number of carbonyl (C=O) groups excluding carboxylic acids is 2. The Morgan fingerprint density at radius 3 is 0.730 bits per heavy atom. The van der Waals surface area contributed by atoms with Gasteiger partial charge in [-0.1, -0.05) is 146 Å². The van der Waals surface area contributed by atoms with E-state index < -0.39 is 0 Å². The van der Waals surface area contributed by atoms with Gasteiger partial charge in [-0.2, -0.15) is 0 Å². The van der Waals surface area contributed by atoms with Gasteiger partial charge in [0.1, 0.15) is 0 Å². The van der Waals surface area contributed by atoms with Crippen molar-refractivity contribution in [2.75, 3.05) is 0 Å². The first-order valence-electron chi connectivity index (χ1n) is 11.7. The number of hydrogen-bond acceptors (Lipinski definition) is 2. The number of rotatable bonds is 8. The van der Waals surface area contributed by atoms with Crippen molar-refractivity contribution in [1.29, 1.82) is 0 Å². The molecule has 0 fully saturated rings. The standard InChI is InChI=1S/2C17H14O.Pt/c2*18-17(13-11-15-7-3-1-4-8-15)14-12-16-9-5-2-6-10-16;/h2*1-14H;. The summed E-state index contributed by atoms with van der Waals surface area (Å²) in [6, 6.07) is 39.1. The Bertz CT molecular complexity index is 1110. The van der Waals surface area contributed by atoms with Crippen LogP contribution in [0.1, 0.15) is 22.3 Å². The summed E-state index contributed by atoms with van der Waals surface area (Å²) in [5, 5.41) is 0. The van der Waals surface area contributed by atoms with Gasteiger partial charge >= 0.3 is 0 Å². The summed E-state index contributed by atoms with van der Waals surface area (Å²) in [6.45, 7) is 0. The summed E-state index contributed by atoms with van der Waals surface area (Å²) in [5.41, 5.74) is 4.11. The summed E-state index contributed by atoms with van der Waals surface area (Å²) in [7, 11) is 0. The van der Waals surface area contributed by atoms with Gasteiger partial charge in [0.2, 0.25) is 0 Å². The molecule has 0 aromatic heterocycles. The normalized spacial score (nSPS) is 10.8. The van der Waals surface area contributed by atoms with Crippen LogP contribution in [0.15, 0.2) is 146 Å². The van der Waals surface area contributed by atoms with Crippen LogP contribution in [0.5, 0.6) is 0 Å². The summed E-state index contributed by atoms with van der Waals surface area (Å²) >= 11 is 0. The molecule has 0 spiro atoms. The molecular weight excluding hydrogens is 635 g/mol. The molecule has 0 saturated carbocycles. The van der Waals surface area contributed by atoms with Gasteiger partial charge in [-0.3, -0.25) is 9.59 Å². The number of benzene rings is 4. The average Bonchev–Trinajstić information content (AvgIpc) is 2.95. The minimum atomic E-state index is -0.0114. The molecule has 0 aliphatic heterocycles. The second-order valence-electron chi connectivity index (χ2n) is 7.78. The van der Waals surface area contributed by atoms with E-state index in [9.17, 15) is 9.59 Å². The Hall–Kier alpha value is -4.13. The Morgan fingerprint density at radius 2 is 0.541 bits per heavy atom. The van der Waals surface area contributed by atoms with Crippen molar-refractivity contribution in [2.45, 2.75) is 0 Å². The minimum Gasteiger partial charge on any atom is -0.290 e. The zero-order valence-electron chi connectivity index (χ0n) is 20.3. The van der Waals surface area contributed by atoms with Gasteiger partial charge < -0.3 is 0 Å². The van der Waals surface area contributed by atoms with Crippen LogP contribution in [0.4, 0.5) is 0 Å². The maximum atomic E-state index is 11.6. The molecule has 4 aromatic rings. The van der Waals surface area contributed by atoms with Gasteiger partial charge in [0, 0.05) is 21.1 Å². The second-order valence-corrected chi connectivity index (χ2v) is 7.78. The summed E-state index contributed by atoms with van der Waals surface area (Å²) < 4.78 is 0. The van der Waals surface area contributed by atoms with Crippen LogP contribution in [0.2, 0.25) is 0 Å². The number of ketones is 2. The Kier molecular flexibility index (Phi) is 13.6. The van der Waals surface area contributed by atoms with Crippen LogP contribution in [-0.2, 0) is 30.7 Å². The van der Waals surface area contributed by atoms with Gasteiger partial charge in [0.15, 0.2) is 11.6 Å². The minimum absolute atomic E-state index is 0. The monoisotopic (exact) mass is 663 g/mol. The predicted molar refractivity (Wildman–Crippen MR) is 152 cm³/mol. The van der Waals surface area contributed by atoms with Crippen molar-refractivity contribution in [3.8, 4) is 0 Å². The van der Waals surface area contributed by atoms with E-state index in [0.29, 0.717) is 0 Å². The van der Waals surface area contributed by atoms with E-state index in [1.165, 1.54) is 0 Å². The SMILES string of the molecule is O=C(C=Cc1ccccc1)C=Cc1ccccc1.O=C(C=Cc1ccccc1)C=Cc1ccccc1.[Pt]. The van der Waals surface area contributed by atoms with Crippen LogP contribution >= 0.6 is 0 Å². The molecule has 0 aliphatic carbocycles. The van der Waals surface area contributed by atoms with Gasteiger partial charge in [-0.05, 0) is 46.6 Å². The fraction of sp³-hybridized carbons (Fsp3) is 0. The quantitative estimate of drug-likeness (QED) is 0.179. The van der Waals surface area contributed by atoms with E-state index in [4.69, 9.17) is 0 Å². The molecule has 0 heterocycles. The molecule has 4 rings (SSSR count). The molecule has 4 aromatic carbocycles. The van der Waals surface area contributed by atoms with Crippen molar-refractivity contribution in [3.63, 3.8) is 0 Å². The molecule has 0 amide bonds. The summed E-state index contributed by atoms with van der Waals surface area (Å²) in [4.78, 5) is 23.2. The van der Waals surface area contributed by atoms with Crippen molar-refractivity contribution < 1.29 is 30.7 Å². The maximum Gasteiger partial charge on any atom is 0.178 e. The molecular formula is C34H28O2Pt. The van der Waals surface area contributed by atoms with Crippen LogP contribution in [0.3, 0.4) is 0 Å². The number of allylic oxidation sites excluding steroid dienone is 4. The van der Waals surface area contributed by atoms with E-state index in [1.54, 1.807) is 24.3 Å². The van der Waals surface area contributed by atoms with Crippen LogP contribution in [0, 0.1) is 0 Å². The van der Waals surface area contributed by atoms with Crippen LogP contribution in [0.25, 0.3) is 24.3 Å². The van der Waals surface area contributed by atoms with Crippen molar-refractivity contribution >= 4 is 35.9 Å². The predicted octanol–water partition coefficient (Wildman–Crippen LogP) is 7.96. The Balaban J connectivity index is 0.000000253. The molecule has 0 unspecified atom stereocenters. The van der Waals surface area contributed by atoms with E-state index >= 15 is 0 Å². The molecule has 0 radical (unpaired) electrons. The largest absolute Gasteiger partial charge is 0.290 e. The van der Waals surface area contributed by atoms with Gasteiger partial charge in [-0.15, -0.1) is 0 Å². The molecule has 0 atom stereocenters. The molecule has 0 N–H and O–H groups in total. The summed E-state index contributed by atoms with van der Waals surface area (Å²) in [6.07, 6.45) is 13.6. The zero-order chi connectivity index (χ0) is 25.3. The van der Waals surface area contributed by atoms with Gasteiger partial charge in [0.25, 0.3) is 0 Å². The molecule has 186 valence electrons. The molecule has 2 nitrogen and oxygen atoms in total. The average molecular weight is 664 g/mol. The van der Waals surface area contributed by atoms with E-state index in [2.05, 4.69) is 0 Å². The maximum absolute atomic E-state index is 11.6. The zero-order valence-corrected chi connectivity index (χ0v) is 22.6. The fourth-order valence-electron chi connectivity index (χ4n) is 3.08. The Labute approximate surface area is 233 Å². The third-order valence-electron chi connectivity index (χ3n) is 4.96. The third kappa shape index (κ3) is 12.4. The van der Waals surface area contributed by atoms with E-state index in [1.807, 2.05) is 146 Å². The smallest absolute Gasteiger partial charge is 0.178 e. The fourth-order valence-corrected chi connectivity index (χ4v) is 3.08.